The molecular weight excluding hydrogens is 406 g/mol. The molecule has 1 aromatic carbocycles. The Hall–Kier alpha value is -1.91. The fourth-order valence-electron chi connectivity index (χ4n) is 2.29. The Morgan fingerprint density at radius 2 is 1.56 bits per heavy atom. The van der Waals surface area contributed by atoms with Gasteiger partial charge >= 0.3 is 15.0 Å². The normalized spacial score (nSPS) is 20.9. The summed E-state index contributed by atoms with van der Waals surface area (Å²) in [7, 11) is -15.4. The summed E-state index contributed by atoms with van der Waals surface area (Å²) in [5.41, 5.74) is -0.935. The summed E-state index contributed by atoms with van der Waals surface area (Å²) in [4.78, 5) is 4.60. The first kappa shape index (κ1) is 19.4. The lowest BCUT2D eigenvalue weighted by atomic mass is 9.94. The maximum atomic E-state index is 11.5. The van der Waals surface area contributed by atoms with Crippen LogP contribution in [0, 0.1) is 10.1 Å². The Labute approximate surface area is 141 Å². The SMILES string of the molecule is O=[N+]([O-])C1(S(=O)(=O)O)C=Cc2cc(S(=O)(=O)O)cc(S(=O)(=O)O)c2C1. The van der Waals surface area contributed by atoms with Crippen molar-refractivity contribution in [2.24, 2.45) is 0 Å². The third-order valence-corrected chi connectivity index (χ3v) is 6.58. The Kier molecular flexibility index (Phi) is 4.31. The van der Waals surface area contributed by atoms with E-state index in [4.69, 9.17) is 4.55 Å². The molecule has 0 bridgehead atoms. The van der Waals surface area contributed by atoms with Crippen LogP contribution in [0.4, 0.5) is 0 Å². The van der Waals surface area contributed by atoms with E-state index in [0.717, 1.165) is 6.07 Å². The Morgan fingerprint density at radius 3 is 1.96 bits per heavy atom. The number of fused-ring (bicyclic) bond motifs is 1. The highest BCUT2D eigenvalue weighted by Crippen LogP contribution is 2.36. The van der Waals surface area contributed by atoms with Gasteiger partial charge in [0.05, 0.1) is 16.2 Å². The van der Waals surface area contributed by atoms with Gasteiger partial charge in [-0.1, -0.05) is 6.08 Å². The van der Waals surface area contributed by atoms with E-state index >= 15 is 0 Å². The van der Waals surface area contributed by atoms with Crippen LogP contribution in [-0.2, 0) is 36.8 Å². The minimum atomic E-state index is -5.36. The van der Waals surface area contributed by atoms with Crippen LogP contribution >= 0.6 is 0 Å². The largest absolute Gasteiger partial charge is 0.365 e. The van der Waals surface area contributed by atoms with E-state index in [1.165, 1.54) is 0 Å². The molecule has 0 aliphatic heterocycles. The summed E-state index contributed by atoms with van der Waals surface area (Å²) in [6.45, 7) is 0. The van der Waals surface area contributed by atoms with Crippen LogP contribution in [0.2, 0.25) is 0 Å². The lowest BCUT2D eigenvalue weighted by Gasteiger charge is -2.25. The molecule has 2 rings (SSSR count). The zero-order chi connectivity index (χ0) is 19.4. The van der Waals surface area contributed by atoms with Crippen molar-refractivity contribution in [3.8, 4) is 0 Å². The lowest BCUT2D eigenvalue weighted by molar-refractivity contribution is -0.527. The molecule has 0 heterocycles. The Bertz CT molecular complexity index is 1110. The highest BCUT2D eigenvalue weighted by molar-refractivity contribution is 7.87. The van der Waals surface area contributed by atoms with Gasteiger partial charge in [-0.2, -0.15) is 25.3 Å². The van der Waals surface area contributed by atoms with Gasteiger partial charge in [0.25, 0.3) is 20.2 Å². The standard InChI is InChI=1S/C10H9NO11S3/c12-11(13)10(25(20,21)22)2-1-6-3-7(23(14,15)16)4-9(8(6)5-10)24(17,18)19/h1-4H,5H2,(H,14,15,16)(H,17,18,19)(H,20,21,22). The third kappa shape index (κ3) is 3.29. The molecule has 15 heteroatoms. The van der Waals surface area contributed by atoms with Gasteiger partial charge in [-0.15, -0.1) is 0 Å². The zero-order valence-corrected chi connectivity index (χ0v) is 14.2. The smallest absolute Gasteiger partial charge is 0.282 e. The van der Waals surface area contributed by atoms with Gasteiger partial charge in [-0.3, -0.25) is 23.8 Å². The second-order valence-corrected chi connectivity index (χ2v) is 9.50. The van der Waals surface area contributed by atoms with Crippen LogP contribution in [0.15, 0.2) is 28.0 Å². The number of nitro groups is 1. The summed E-state index contributed by atoms with van der Waals surface area (Å²) in [6.07, 6.45) is -0.0729. The topological polar surface area (TPSA) is 206 Å². The van der Waals surface area contributed by atoms with Crippen molar-refractivity contribution in [1.29, 1.82) is 0 Å². The van der Waals surface area contributed by atoms with Gasteiger partial charge in [0.2, 0.25) is 0 Å². The van der Waals surface area contributed by atoms with E-state index in [2.05, 4.69) is 0 Å². The molecule has 0 fully saturated rings. The van der Waals surface area contributed by atoms with Crippen molar-refractivity contribution in [1.82, 2.24) is 0 Å². The average Bonchev–Trinajstić information content (AvgIpc) is 2.41. The first-order chi connectivity index (χ1) is 11.1. The summed E-state index contributed by atoms with van der Waals surface area (Å²) >= 11 is 0. The quantitative estimate of drug-likeness (QED) is 0.328. The van der Waals surface area contributed by atoms with Gasteiger partial charge in [-0.05, 0) is 23.3 Å². The first-order valence-corrected chi connectivity index (χ1v) is 10.3. The number of hydrogen-bond acceptors (Lipinski definition) is 8. The second kappa shape index (κ2) is 5.55. The van der Waals surface area contributed by atoms with Gasteiger partial charge in [0.15, 0.2) is 0 Å². The van der Waals surface area contributed by atoms with E-state index in [1.54, 1.807) is 0 Å². The van der Waals surface area contributed by atoms with Crippen molar-refractivity contribution >= 4 is 36.4 Å². The van der Waals surface area contributed by atoms with E-state index < -0.39 is 61.9 Å². The van der Waals surface area contributed by atoms with Crippen LogP contribution in [0.1, 0.15) is 11.1 Å². The monoisotopic (exact) mass is 415 g/mol. The lowest BCUT2D eigenvalue weighted by Crippen LogP contribution is -2.47. The third-order valence-electron chi connectivity index (χ3n) is 3.50. The minimum absolute atomic E-state index is 0.316. The molecule has 12 nitrogen and oxygen atoms in total. The average molecular weight is 415 g/mol. The van der Waals surface area contributed by atoms with E-state index in [0.29, 0.717) is 18.2 Å². The van der Waals surface area contributed by atoms with Crippen LogP contribution in [0.3, 0.4) is 0 Å². The molecule has 0 amide bonds. The molecular formula is C10H9NO11S3. The summed E-state index contributed by atoms with van der Waals surface area (Å²) in [6, 6.07) is 1.04. The number of benzene rings is 1. The van der Waals surface area contributed by atoms with Crippen LogP contribution < -0.4 is 0 Å². The zero-order valence-electron chi connectivity index (χ0n) is 11.8. The molecule has 25 heavy (non-hydrogen) atoms. The molecule has 0 spiro atoms. The molecule has 1 aliphatic carbocycles. The van der Waals surface area contributed by atoms with Crippen molar-refractivity contribution in [2.75, 3.05) is 0 Å². The van der Waals surface area contributed by atoms with Crippen molar-refractivity contribution in [2.45, 2.75) is 21.1 Å². The van der Waals surface area contributed by atoms with Crippen molar-refractivity contribution in [3.63, 3.8) is 0 Å². The van der Waals surface area contributed by atoms with Crippen LogP contribution in [0.25, 0.3) is 6.08 Å². The van der Waals surface area contributed by atoms with Crippen LogP contribution in [-0.4, -0.2) is 48.7 Å². The fraction of sp³-hybridized carbons (Fsp3) is 0.200. The van der Waals surface area contributed by atoms with Crippen molar-refractivity contribution < 1.29 is 43.8 Å². The first-order valence-electron chi connectivity index (χ1n) is 6.02. The molecule has 0 radical (unpaired) electrons. The van der Waals surface area contributed by atoms with Gasteiger partial charge < -0.3 is 0 Å². The maximum Gasteiger partial charge on any atom is 0.365 e. The summed E-state index contributed by atoms with van der Waals surface area (Å²) < 4.78 is 95.8. The molecule has 1 aromatic rings. The van der Waals surface area contributed by atoms with Gasteiger partial charge in [-0.25, -0.2) is 0 Å². The Morgan fingerprint density at radius 1 is 1.00 bits per heavy atom. The maximum absolute atomic E-state index is 11.5. The van der Waals surface area contributed by atoms with Crippen LogP contribution in [0.5, 0.6) is 0 Å². The summed E-state index contributed by atoms with van der Waals surface area (Å²) in [5, 5.41) is 11.2. The van der Waals surface area contributed by atoms with E-state index in [1.807, 2.05) is 0 Å². The van der Waals surface area contributed by atoms with Gasteiger partial charge in [0, 0.05) is 11.0 Å². The highest BCUT2D eigenvalue weighted by atomic mass is 32.2. The molecule has 0 saturated heterocycles. The molecule has 138 valence electrons. The molecule has 1 atom stereocenters. The molecule has 3 N–H and O–H groups in total. The molecule has 0 saturated carbocycles. The predicted octanol–water partition coefficient (Wildman–Crippen LogP) is -0.390. The van der Waals surface area contributed by atoms with E-state index in [9.17, 15) is 44.5 Å². The van der Waals surface area contributed by atoms with E-state index in [-0.39, 0.29) is 5.56 Å². The molecule has 1 unspecified atom stereocenters. The fourth-order valence-corrected chi connectivity index (χ4v) is 4.44. The summed E-state index contributed by atoms with van der Waals surface area (Å²) in [5.74, 6) is 0. The van der Waals surface area contributed by atoms with Gasteiger partial charge in [0.1, 0.15) is 0 Å². The number of rotatable bonds is 4. The number of nitrogens with zero attached hydrogens (tertiary/aromatic N) is 1. The number of hydrogen-bond donors (Lipinski definition) is 3. The second-order valence-electron chi connectivity index (χ2n) is 5.03. The Balaban J connectivity index is 2.91. The highest BCUT2D eigenvalue weighted by Gasteiger charge is 2.55. The van der Waals surface area contributed by atoms with Crippen molar-refractivity contribution in [3.05, 3.63) is 39.4 Å². The minimum Gasteiger partial charge on any atom is -0.282 e. The predicted molar refractivity (Wildman–Crippen MR) is 80.1 cm³/mol. The molecule has 1 aliphatic rings. The molecule has 0 aromatic heterocycles.